The van der Waals surface area contributed by atoms with Gasteiger partial charge in [-0.2, -0.15) is 11.8 Å². The Morgan fingerprint density at radius 1 is 1.13 bits per heavy atom. The second-order valence-corrected chi connectivity index (χ2v) is 9.02. The molecule has 1 aliphatic rings. The van der Waals surface area contributed by atoms with E-state index in [9.17, 15) is 14.0 Å². The van der Waals surface area contributed by atoms with E-state index < -0.39 is 11.9 Å². The zero-order valence-electron chi connectivity index (χ0n) is 17.1. The minimum Gasteiger partial charge on any atom is -0.366 e. The van der Waals surface area contributed by atoms with Gasteiger partial charge in [0.2, 0.25) is 5.91 Å². The smallest absolute Gasteiger partial charge is 0.253 e. The zero-order chi connectivity index (χ0) is 22.4. The van der Waals surface area contributed by atoms with Crippen LogP contribution in [0.1, 0.15) is 16.8 Å². The molecule has 31 heavy (non-hydrogen) atoms. The first-order chi connectivity index (χ1) is 14.9. The summed E-state index contributed by atoms with van der Waals surface area (Å²) >= 11 is 13.7. The first kappa shape index (κ1) is 23.7. The van der Waals surface area contributed by atoms with E-state index in [0.29, 0.717) is 43.3 Å². The number of halogens is 3. The molecular formula is C22H24Cl2FN3O2S. The first-order valence-electron chi connectivity index (χ1n) is 9.94. The van der Waals surface area contributed by atoms with Crippen LogP contribution < -0.4 is 10.2 Å². The van der Waals surface area contributed by atoms with Crippen molar-refractivity contribution in [2.24, 2.45) is 0 Å². The Balaban J connectivity index is 1.66. The predicted octanol–water partition coefficient (Wildman–Crippen LogP) is 4.33. The van der Waals surface area contributed by atoms with Crippen LogP contribution in [0.5, 0.6) is 0 Å². The van der Waals surface area contributed by atoms with Crippen molar-refractivity contribution in [1.82, 2.24) is 10.2 Å². The predicted molar refractivity (Wildman–Crippen MR) is 126 cm³/mol. The number of benzene rings is 2. The second kappa shape index (κ2) is 11.1. The van der Waals surface area contributed by atoms with Crippen molar-refractivity contribution in [3.63, 3.8) is 0 Å². The van der Waals surface area contributed by atoms with E-state index >= 15 is 0 Å². The summed E-state index contributed by atoms with van der Waals surface area (Å²) in [7, 11) is 0. The van der Waals surface area contributed by atoms with Crippen molar-refractivity contribution in [1.29, 1.82) is 0 Å². The summed E-state index contributed by atoms with van der Waals surface area (Å²) in [4.78, 5) is 29.6. The number of carbonyl (C=O) groups is 2. The van der Waals surface area contributed by atoms with Crippen molar-refractivity contribution < 1.29 is 14.0 Å². The number of nitrogens with one attached hydrogen (secondary N) is 1. The summed E-state index contributed by atoms with van der Waals surface area (Å²) < 4.78 is 14.1. The molecule has 1 heterocycles. The Hall–Kier alpha value is -1.96. The molecule has 2 amide bonds. The van der Waals surface area contributed by atoms with Gasteiger partial charge in [0.25, 0.3) is 5.91 Å². The molecule has 1 saturated heterocycles. The van der Waals surface area contributed by atoms with Crippen molar-refractivity contribution in [2.75, 3.05) is 43.1 Å². The maximum Gasteiger partial charge on any atom is 0.253 e. The van der Waals surface area contributed by atoms with E-state index in [1.807, 2.05) is 11.2 Å². The Morgan fingerprint density at radius 3 is 2.48 bits per heavy atom. The summed E-state index contributed by atoms with van der Waals surface area (Å²) in [5.41, 5.74) is 0.816. The van der Waals surface area contributed by atoms with Gasteiger partial charge in [-0.1, -0.05) is 35.3 Å². The molecule has 0 aromatic heterocycles. The lowest BCUT2D eigenvalue weighted by Gasteiger charge is -2.37. The van der Waals surface area contributed by atoms with Crippen LogP contribution in [0.15, 0.2) is 42.5 Å². The molecule has 5 nitrogen and oxygen atoms in total. The molecule has 1 atom stereocenters. The van der Waals surface area contributed by atoms with E-state index in [1.54, 1.807) is 47.0 Å². The molecule has 3 rings (SSSR count). The third kappa shape index (κ3) is 6.05. The number of rotatable bonds is 7. The molecule has 0 saturated carbocycles. The van der Waals surface area contributed by atoms with Crippen molar-refractivity contribution in [3.05, 3.63) is 63.9 Å². The highest BCUT2D eigenvalue weighted by Crippen LogP contribution is 2.22. The van der Waals surface area contributed by atoms with Crippen LogP contribution in [0.2, 0.25) is 10.0 Å². The number of hydrogen-bond donors (Lipinski definition) is 1. The fourth-order valence-electron chi connectivity index (χ4n) is 3.50. The number of thioether (sulfide) groups is 1. The summed E-state index contributed by atoms with van der Waals surface area (Å²) in [5.74, 6) is -0.0979. The topological polar surface area (TPSA) is 52.7 Å². The van der Waals surface area contributed by atoms with Crippen molar-refractivity contribution in [3.8, 4) is 0 Å². The largest absolute Gasteiger partial charge is 0.366 e. The van der Waals surface area contributed by atoms with E-state index in [2.05, 4.69) is 5.32 Å². The number of anilines is 1. The molecule has 166 valence electrons. The molecule has 1 unspecified atom stereocenters. The molecule has 0 bridgehead atoms. The van der Waals surface area contributed by atoms with Crippen LogP contribution in [0.3, 0.4) is 0 Å². The molecule has 2 aromatic carbocycles. The number of para-hydroxylation sites is 1. The third-order valence-corrected chi connectivity index (χ3v) is 6.37. The lowest BCUT2D eigenvalue weighted by atomic mass is 10.1. The summed E-state index contributed by atoms with van der Waals surface area (Å²) in [6.07, 6.45) is 2.46. The Kier molecular flexibility index (Phi) is 8.46. The molecule has 0 radical (unpaired) electrons. The van der Waals surface area contributed by atoms with Gasteiger partial charge in [-0.15, -0.1) is 0 Å². The fraction of sp³-hybridized carbons (Fsp3) is 0.364. The average Bonchev–Trinajstić information content (AvgIpc) is 2.76. The highest BCUT2D eigenvalue weighted by Gasteiger charge is 2.29. The Labute approximate surface area is 195 Å². The van der Waals surface area contributed by atoms with Crippen molar-refractivity contribution >= 4 is 52.5 Å². The standard InChI is InChI=1S/C22H24Cl2FN3O2S/c1-31-13-8-19(26-21(29)16-7-6-15(23)14-17(16)24)22(30)28-11-9-27(10-12-28)20-5-3-2-4-18(20)25/h2-7,14,19H,8-13H2,1H3,(H,26,29). The van der Waals surface area contributed by atoms with E-state index in [1.165, 1.54) is 12.1 Å². The normalized spacial score (nSPS) is 15.0. The number of amides is 2. The molecule has 9 heteroatoms. The summed E-state index contributed by atoms with van der Waals surface area (Å²) in [5, 5.41) is 3.50. The van der Waals surface area contributed by atoms with Crippen LogP contribution in [0, 0.1) is 5.82 Å². The number of nitrogens with zero attached hydrogens (tertiary/aromatic N) is 2. The molecule has 0 aliphatic carbocycles. The second-order valence-electron chi connectivity index (χ2n) is 7.20. The van der Waals surface area contributed by atoms with Crippen LogP contribution in [0.4, 0.5) is 10.1 Å². The van der Waals surface area contributed by atoms with Crippen LogP contribution in [-0.4, -0.2) is 60.9 Å². The highest BCUT2D eigenvalue weighted by atomic mass is 35.5. The van der Waals surface area contributed by atoms with Gasteiger partial charge in [-0.25, -0.2) is 4.39 Å². The third-order valence-electron chi connectivity index (χ3n) is 5.17. The lowest BCUT2D eigenvalue weighted by molar-refractivity contribution is -0.133. The summed E-state index contributed by atoms with van der Waals surface area (Å²) in [6, 6.07) is 10.6. The SMILES string of the molecule is CSCCC(NC(=O)c1ccc(Cl)cc1Cl)C(=O)N1CCN(c2ccccc2F)CC1. The maximum absolute atomic E-state index is 14.1. The van der Waals surface area contributed by atoms with Gasteiger partial charge in [-0.3, -0.25) is 9.59 Å². The molecule has 0 spiro atoms. The molecule has 1 N–H and O–H groups in total. The Morgan fingerprint density at radius 2 is 1.84 bits per heavy atom. The van der Waals surface area contributed by atoms with Crippen molar-refractivity contribution in [2.45, 2.75) is 12.5 Å². The average molecular weight is 484 g/mol. The zero-order valence-corrected chi connectivity index (χ0v) is 19.4. The first-order valence-corrected chi connectivity index (χ1v) is 12.1. The van der Waals surface area contributed by atoms with E-state index in [0.717, 1.165) is 5.75 Å². The van der Waals surface area contributed by atoms with Gasteiger partial charge >= 0.3 is 0 Å². The minimum absolute atomic E-state index is 0.138. The highest BCUT2D eigenvalue weighted by molar-refractivity contribution is 7.98. The Bertz CT molecular complexity index is 939. The minimum atomic E-state index is -0.660. The van der Waals surface area contributed by atoms with E-state index in [4.69, 9.17) is 23.2 Å². The van der Waals surface area contributed by atoms with Crippen LogP contribution in [0.25, 0.3) is 0 Å². The van der Waals surface area contributed by atoms with Gasteiger partial charge in [0, 0.05) is 31.2 Å². The van der Waals surface area contributed by atoms with Gasteiger partial charge in [0.15, 0.2) is 0 Å². The quantitative estimate of drug-likeness (QED) is 0.636. The monoisotopic (exact) mass is 483 g/mol. The van der Waals surface area contributed by atoms with Crippen LogP contribution >= 0.6 is 35.0 Å². The van der Waals surface area contributed by atoms with E-state index in [-0.39, 0.29) is 22.3 Å². The summed E-state index contributed by atoms with van der Waals surface area (Å²) in [6.45, 7) is 1.97. The maximum atomic E-state index is 14.1. The fourth-order valence-corrected chi connectivity index (χ4v) is 4.46. The number of piperazine rings is 1. The lowest BCUT2D eigenvalue weighted by Crippen LogP contribution is -2.55. The number of carbonyl (C=O) groups excluding carboxylic acids is 2. The van der Waals surface area contributed by atoms with Gasteiger partial charge in [0.1, 0.15) is 11.9 Å². The molecule has 2 aromatic rings. The molecule has 1 fully saturated rings. The van der Waals surface area contributed by atoms with Crippen LogP contribution in [-0.2, 0) is 4.79 Å². The number of hydrogen-bond acceptors (Lipinski definition) is 4. The molecule has 1 aliphatic heterocycles. The van der Waals surface area contributed by atoms with Gasteiger partial charge in [-0.05, 0) is 48.8 Å². The van der Waals surface area contributed by atoms with Gasteiger partial charge < -0.3 is 15.1 Å². The molecular weight excluding hydrogens is 460 g/mol. The van der Waals surface area contributed by atoms with Gasteiger partial charge in [0.05, 0.1) is 16.3 Å².